The Morgan fingerprint density at radius 3 is 2.60 bits per heavy atom. The second kappa shape index (κ2) is 8.39. The highest BCUT2D eigenvalue weighted by atomic mass is 32.1. The number of hydrogen-bond acceptors (Lipinski definition) is 7. The third-order valence-electron chi connectivity index (χ3n) is 2.81. The first kappa shape index (κ1) is 18.6. The Morgan fingerprint density at radius 2 is 2.00 bits per heavy atom. The molecule has 0 unspecified atom stereocenters. The molecular weight excluding hydrogens is 338 g/mol. The zero-order chi connectivity index (χ0) is 18.4. The number of ketones is 1. The molecule has 0 aliphatic rings. The van der Waals surface area contributed by atoms with Crippen molar-refractivity contribution in [3.63, 3.8) is 0 Å². The highest BCUT2D eigenvalue weighted by molar-refractivity contribution is 7.14. The Kier molecular flexibility index (Phi) is 6.24. The van der Waals surface area contributed by atoms with Crippen LogP contribution in [0.15, 0.2) is 35.6 Å². The van der Waals surface area contributed by atoms with E-state index >= 15 is 0 Å². The molecule has 0 saturated carbocycles. The normalized spacial score (nSPS) is 11.2. The third kappa shape index (κ3) is 5.68. The predicted molar refractivity (Wildman–Crippen MR) is 100 cm³/mol. The number of carbonyl (C=O) groups excluding carboxylic acids is 1. The predicted octanol–water partition coefficient (Wildman–Crippen LogP) is 3.12. The van der Waals surface area contributed by atoms with Crippen molar-refractivity contribution in [2.75, 3.05) is 28.2 Å². The molecule has 25 heavy (non-hydrogen) atoms. The van der Waals surface area contributed by atoms with Crippen molar-refractivity contribution >= 4 is 29.3 Å². The van der Waals surface area contributed by atoms with E-state index in [1.165, 1.54) is 17.4 Å². The Labute approximate surface area is 151 Å². The van der Waals surface area contributed by atoms with E-state index in [-0.39, 0.29) is 5.78 Å². The molecule has 0 aliphatic carbocycles. The Bertz CT molecular complexity index is 779. The average molecular weight is 359 g/mol. The molecule has 2 rings (SSSR count). The van der Waals surface area contributed by atoms with Gasteiger partial charge in [-0.15, -0.1) is 11.3 Å². The van der Waals surface area contributed by atoms with E-state index in [1.807, 2.05) is 40.0 Å². The van der Waals surface area contributed by atoms with Crippen molar-refractivity contribution in [2.24, 2.45) is 4.99 Å². The highest BCUT2D eigenvalue weighted by Gasteiger charge is 2.17. The van der Waals surface area contributed by atoms with Crippen molar-refractivity contribution < 1.29 is 9.53 Å². The number of rotatable bonds is 7. The number of thiazole rings is 1. The summed E-state index contributed by atoms with van der Waals surface area (Å²) in [7, 11) is 7.47. The van der Waals surface area contributed by atoms with E-state index in [4.69, 9.17) is 4.74 Å². The van der Waals surface area contributed by atoms with Gasteiger partial charge in [0.25, 0.3) is 0 Å². The van der Waals surface area contributed by atoms with Crippen LogP contribution in [0.1, 0.15) is 14.7 Å². The molecule has 0 radical (unpaired) electrons. The second-order valence-corrected chi connectivity index (χ2v) is 6.88. The van der Waals surface area contributed by atoms with Gasteiger partial charge in [0.2, 0.25) is 11.7 Å². The zero-order valence-electron chi connectivity index (χ0n) is 14.9. The number of pyridine rings is 1. The number of hydrogen-bond donors (Lipinski definition) is 0. The SMILES string of the molecule is Cc1nc(Oc2ccc(N=CN(C)C)nc2)c(C(=O)/C=C/N(C)C)s1. The maximum absolute atomic E-state index is 12.3. The van der Waals surface area contributed by atoms with Crippen LogP contribution < -0.4 is 4.74 Å². The van der Waals surface area contributed by atoms with Crippen LogP contribution in [0, 0.1) is 6.92 Å². The molecule has 0 amide bonds. The molecule has 0 spiro atoms. The molecule has 132 valence electrons. The van der Waals surface area contributed by atoms with Crippen LogP contribution in [0.2, 0.25) is 0 Å². The minimum Gasteiger partial charge on any atom is -0.436 e. The molecule has 0 aromatic carbocycles. The van der Waals surface area contributed by atoms with Gasteiger partial charge in [-0.3, -0.25) is 4.79 Å². The van der Waals surface area contributed by atoms with Gasteiger partial charge in [0.05, 0.1) is 17.5 Å². The molecule has 8 heteroatoms. The lowest BCUT2D eigenvalue weighted by molar-refractivity contribution is 0.104. The monoisotopic (exact) mass is 359 g/mol. The smallest absolute Gasteiger partial charge is 0.241 e. The lowest BCUT2D eigenvalue weighted by Crippen LogP contribution is -2.07. The summed E-state index contributed by atoms with van der Waals surface area (Å²) >= 11 is 1.30. The summed E-state index contributed by atoms with van der Waals surface area (Å²) in [4.78, 5) is 29.1. The van der Waals surface area contributed by atoms with Crippen LogP contribution in [0.3, 0.4) is 0 Å². The summed E-state index contributed by atoms with van der Waals surface area (Å²) in [6.45, 7) is 1.83. The minimum absolute atomic E-state index is 0.144. The summed E-state index contributed by atoms with van der Waals surface area (Å²) in [5.41, 5.74) is 0. The van der Waals surface area contributed by atoms with Crippen LogP contribution in [-0.4, -0.2) is 60.1 Å². The summed E-state index contributed by atoms with van der Waals surface area (Å²) in [6, 6.07) is 3.48. The van der Waals surface area contributed by atoms with Crippen LogP contribution in [0.25, 0.3) is 0 Å². The van der Waals surface area contributed by atoms with Crippen molar-refractivity contribution in [1.29, 1.82) is 0 Å². The number of aliphatic imine (C=N–C) groups is 1. The number of aromatic nitrogens is 2. The number of allylic oxidation sites excluding steroid dienone is 1. The first-order valence-electron chi connectivity index (χ1n) is 7.56. The lowest BCUT2D eigenvalue weighted by atomic mass is 10.3. The Balaban J connectivity index is 2.16. The first-order chi connectivity index (χ1) is 11.8. The number of ether oxygens (including phenoxy) is 1. The lowest BCUT2D eigenvalue weighted by Gasteiger charge is -2.05. The second-order valence-electron chi connectivity index (χ2n) is 5.67. The molecule has 2 heterocycles. The topological polar surface area (TPSA) is 70.9 Å². The first-order valence-corrected chi connectivity index (χ1v) is 8.37. The number of aryl methyl sites for hydroxylation is 1. The van der Waals surface area contributed by atoms with Crippen molar-refractivity contribution in [3.8, 4) is 11.6 Å². The van der Waals surface area contributed by atoms with Crippen LogP contribution in [0.4, 0.5) is 5.82 Å². The van der Waals surface area contributed by atoms with E-state index in [1.54, 1.807) is 35.8 Å². The van der Waals surface area contributed by atoms with Gasteiger partial charge in [-0.1, -0.05) is 0 Å². The van der Waals surface area contributed by atoms with E-state index in [0.717, 1.165) is 5.01 Å². The fourth-order valence-corrected chi connectivity index (χ4v) is 2.49. The highest BCUT2D eigenvalue weighted by Crippen LogP contribution is 2.30. The summed E-state index contributed by atoms with van der Waals surface area (Å²) < 4.78 is 5.75. The molecule has 0 atom stereocenters. The molecule has 0 saturated heterocycles. The van der Waals surface area contributed by atoms with Crippen LogP contribution in [-0.2, 0) is 0 Å². The average Bonchev–Trinajstić information content (AvgIpc) is 2.92. The van der Waals surface area contributed by atoms with E-state index < -0.39 is 0 Å². The molecule has 0 bridgehead atoms. The largest absolute Gasteiger partial charge is 0.436 e. The molecule has 2 aromatic heterocycles. The van der Waals surface area contributed by atoms with Gasteiger partial charge < -0.3 is 14.5 Å². The summed E-state index contributed by atoms with van der Waals surface area (Å²) in [5.74, 6) is 1.22. The summed E-state index contributed by atoms with van der Waals surface area (Å²) in [5, 5.41) is 0.761. The third-order valence-corrected chi connectivity index (χ3v) is 3.77. The van der Waals surface area contributed by atoms with Gasteiger partial charge in [-0.05, 0) is 19.1 Å². The zero-order valence-corrected chi connectivity index (χ0v) is 15.7. The Morgan fingerprint density at radius 1 is 1.24 bits per heavy atom. The van der Waals surface area contributed by atoms with E-state index in [0.29, 0.717) is 22.3 Å². The van der Waals surface area contributed by atoms with E-state index in [9.17, 15) is 4.79 Å². The maximum atomic E-state index is 12.3. The summed E-state index contributed by atoms with van der Waals surface area (Å²) in [6.07, 6.45) is 6.42. The van der Waals surface area contributed by atoms with Crippen molar-refractivity contribution in [2.45, 2.75) is 6.92 Å². The van der Waals surface area contributed by atoms with Gasteiger partial charge in [0.1, 0.15) is 10.6 Å². The van der Waals surface area contributed by atoms with Gasteiger partial charge in [-0.25, -0.2) is 15.0 Å². The quantitative estimate of drug-likeness (QED) is 0.327. The standard InChI is InChI=1S/C17H21N5O2S/c1-12-20-17(16(25-12)14(23)8-9-21(2)3)24-13-6-7-15(18-10-13)19-11-22(4)5/h6-11H,1-5H3/b9-8+,19-11?. The number of carbonyl (C=O) groups is 1. The Hall–Kier alpha value is -2.74. The van der Waals surface area contributed by atoms with Gasteiger partial charge in [-0.2, -0.15) is 0 Å². The molecule has 0 N–H and O–H groups in total. The number of nitrogens with zero attached hydrogens (tertiary/aromatic N) is 5. The van der Waals surface area contributed by atoms with Crippen molar-refractivity contribution in [3.05, 3.63) is 40.5 Å². The molecular formula is C17H21N5O2S. The van der Waals surface area contributed by atoms with Crippen molar-refractivity contribution in [1.82, 2.24) is 19.8 Å². The molecule has 0 fully saturated rings. The molecule has 7 nitrogen and oxygen atoms in total. The van der Waals surface area contributed by atoms with Gasteiger partial charge in [0.15, 0.2) is 5.82 Å². The molecule has 0 aliphatic heterocycles. The fraction of sp³-hybridized carbons (Fsp3) is 0.294. The van der Waals surface area contributed by atoms with Crippen LogP contribution in [0.5, 0.6) is 11.6 Å². The fourth-order valence-electron chi connectivity index (χ4n) is 1.72. The molecule has 2 aromatic rings. The van der Waals surface area contributed by atoms with E-state index in [2.05, 4.69) is 15.0 Å². The maximum Gasteiger partial charge on any atom is 0.241 e. The van der Waals surface area contributed by atoms with Gasteiger partial charge in [0, 0.05) is 40.5 Å². The minimum atomic E-state index is -0.144. The van der Waals surface area contributed by atoms with Crippen LogP contribution >= 0.6 is 11.3 Å². The van der Waals surface area contributed by atoms with Gasteiger partial charge >= 0.3 is 0 Å².